The van der Waals surface area contributed by atoms with Gasteiger partial charge in [-0.05, 0) is 0 Å². The van der Waals surface area contributed by atoms with Crippen LogP contribution < -0.4 is 0 Å². The number of aliphatic hydroxyl groups excluding tert-OH is 1. The molecule has 1 N–H and O–H groups in total. The van der Waals surface area contributed by atoms with Gasteiger partial charge in [-0.3, -0.25) is 0 Å². The zero-order valence-electron chi connectivity index (χ0n) is 14.7. The standard InChI is InChI=1S/C15H32O8/c1-17-7-13(18-2)9-22-11-15(20-4)12-23-10-14(19-3)8-21-6-5-16/h13-16H,5-12H2,1-4H3. The summed E-state index contributed by atoms with van der Waals surface area (Å²) < 4.78 is 37.1. The second kappa shape index (κ2) is 16.5. The summed E-state index contributed by atoms with van der Waals surface area (Å²) in [5, 5.41) is 8.66. The number of hydrogen-bond acceptors (Lipinski definition) is 8. The summed E-state index contributed by atoms with van der Waals surface area (Å²) in [6.07, 6.45) is -0.453. The summed E-state index contributed by atoms with van der Waals surface area (Å²) in [4.78, 5) is 0. The molecule has 3 atom stereocenters. The molecule has 0 amide bonds. The Morgan fingerprint density at radius 2 is 1.00 bits per heavy atom. The van der Waals surface area contributed by atoms with Crippen molar-refractivity contribution in [2.24, 2.45) is 0 Å². The predicted octanol–water partition coefficient (Wildman–Crippen LogP) is -0.280. The highest BCUT2D eigenvalue weighted by Gasteiger charge is 2.13. The smallest absolute Gasteiger partial charge is 0.104 e. The van der Waals surface area contributed by atoms with Crippen LogP contribution in [-0.4, -0.2) is 105 Å². The van der Waals surface area contributed by atoms with E-state index in [0.29, 0.717) is 39.6 Å². The molecular formula is C15H32O8. The number of ether oxygens (including phenoxy) is 7. The predicted molar refractivity (Wildman–Crippen MR) is 83.8 cm³/mol. The number of rotatable bonds is 17. The maximum Gasteiger partial charge on any atom is 0.104 e. The van der Waals surface area contributed by atoms with E-state index < -0.39 is 0 Å². The summed E-state index contributed by atoms with van der Waals surface area (Å²) >= 11 is 0. The van der Waals surface area contributed by atoms with E-state index in [1.165, 1.54) is 0 Å². The van der Waals surface area contributed by atoms with E-state index in [4.69, 9.17) is 38.3 Å². The number of aliphatic hydroxyl groups is 1. The molecule has 0 aliphatic rings. The average Bonchev–Trinajstić information content (AvgIpc) is 2.58. The molecule has 8 heteroatoms. The summed E-state index contributed by atoms with van der Waals surface area (Å²) in [5.41, 5.74) is 0. The highest BCUT2D eigenvalue weighted by Crippen LogP contribution is 2.00. The quantitative estimate of drug-likeness (QED) is 0.362. The van der Waals surface area contributed by atoms with Gasteiger partial charge >= 0.3 is 0 Å². The van der Waals surface area contributed by atoms with E-state index in [1.807, 2.05) is 0 Å². The second-order valence-corrected chi connectivity index (χ2v) is 4.90. The van der Waals surface area contributed by atoms with Crippen LogP contribution in [0.1, 0.15) is 0 Å². The van der Waals surface area contributed by atoms with Crippen LogP contribution in [0.3, 0.4) is 0 Å². The SMILES string of the molecule is COCC(COCC(COCC(COCCO)OC)OC)OC. The lowest BCUT2D eigenvalue weighted by molar-refractivity contribution is -0.0907. The van der Waals surface area contributed by atoms with Crippen molar-refractivity contribution in [1.82, 2.24) is 0 Å². The molecule has 8 nitrogen and oxygen atoms in total. The minimum atomic E-state index is -0.181. The van der Waals surface area contributed by atoms with Crippen LogP contribution in [0.25, 0.3) is 0 Å². The normalized spacial score (nSPS) is 15.5. The molecule has 23 heavy (non-hydrogen) atoms. The highest BCUT2D eigenvalue weighted by molar-refractivity contribution is 4.60. The third-order valence-corrected chi connectivity index (χ3v) is 3.11. The third kappa shape index (κ3) is 12.7. The minimum absolute atomic E-state index is 0.00802. The topological polar surface area (TPSA) is 84.8 Å². The Morgan fingerprint density at radius 3 is 1.35 bits per heavy atom. The Morgan fingerprint density at radius 1 is 0.609 bits per heavy atom. The first-order valence-electron chi connectivity index (χ1n) is 7.63. The number of methoxy groups -OCH3 is 4. The molecule has 0 aromatic rings. The second-order valence-electron chi connectivity index (χ2n) is 4.90. The van der Waals surface area contributed by atoms with Gasteiger partial charge in [-0.25, -0.2) is 0 Å². The molecule has 0 bridgehead atoms. The van der Waals surface area contributed by atoms with Crippen molar-refractivity contribution in [3.63, 3.8) is 0 Å². The van der Waals surface area contributed by atoms with Crippen molar-refractivity contribution >= 4 is 0 Å². The molecule has 0 radical (unpaired) electrons. The van der Waals surface area contributed by atoms with Crippen molar-refractivity contribution in [3.8, 4) is 0 Å². The zero-order chi connectivity index (χ0) is 17.3. The van der Waals surface area contributed by atoms with E-state index in [0.717, 1.165) is 0 Å². The van der Waals surface area contributed by atoms with Crippen LogP contribution in [0, 0.1) is 0 Å². The molecule has 140 valence electrons. The lowest BCUT2D eigenvalue weighted by Gasteiger charge is -2.20. The molecule has 0 aliphatic heterocycles. The zero-order valence-corrected chi connectivity index (χ0v) is 14.7. The van der Waals surface area contributed by atoms with E-state index in [-0.39, 0.29) is 31.5 Å². The Hall–Kier alpha value is -0.320. The lowest BCUT2D eigenvalue weighted by Crippen LogP contribution is -2.31. The summed E-state index contributed by atoms with van der Waals surface area (Å²) in [7, 11) is 6.44. The maximum absolute atomic E-state index is 8.66. The van der Waals surface area contributed by atoms with Gasteiger partial charge < -0.3 is 38.3 Å². The van der Waals surface area contributed by atoms with Gasteiger partial charge in [0, 0.05) is 28.4 Å². The molecule has 0 aromatic carbocycles. The third-order valence-electron chi connectivity index (χ3n) is 3.11. The van der Waals surface area contributed by atoms with Crippen molar-refractivity contribution in [2.45, 2.75) is 18.3 Å². The molecular weight excluding hydrogens is 308 g/mol. The van der Waals surface area contributed by atoms with E-state index in [9.17, 15) is 0 Å². The molecule has 0 aliphatic carbocycles. The Labute approximate surface area is 138 Å². The fourth-order valence-electron chi connectivity index (χ4n) is 1.68. The molecule has 0 aromatic heterocycles. The van der Waals surface area contributed by atoms with E-state index in [2.05, 4.69) is 0 Å². The van der Waals surface area contributed by atoms with Crippen LogP contribution in [0.5, 0.6) is 0 Å². The monoisotopic (exact) mass is 340 g/mol. The number of hydrogen-bond donors (Lipinski definition) is 1. The van der Waals surface area contributed by atoms with Gasteiger partial charge in [0.05, 0.1) is 52.9 Å². The first-order chi connectivity index (χ1) is 11.2. The molecule has 0 saturated carbocycles. The van der Waals surface area contributed by atoms with Gasteiger partial charge in [0.15, 0.2) is 0 Å². The van der Waals surface area contributed by atoms with Crippen molar-refractivity contribution in [2.75, 3.05) is 81.3 Å². The summed E-state index contributed by atoms with van der Waals surface area (Å²) in [6, 6.07) is 0. The van der Waals surface area contributed by atoms with Gasteiger partial charge in [0.1, 0.15) is 18.3 Å². The van der Waals surface area contributed by atoms with Gasteiger partial charge in [-0.15, -0.1) is 0 Å². The molecule has 0 fully saturated rings. The van der Waals surface area contributed by atoms with Gasteiger partial charge in [0.25, 0.3) is 0 Å². The van der Waals surface area contributed by atoms with Crippen LogP contribution in [-0.2, 0) is 33.2 Å². The lowest BCUT2D eigenvalue weighted by atomic mass is 10.3. The van der Waals surface area contributed by atoms with Crippen molar-refractivity contribution < 1.29 is 38.3 Å². The Bertz CT molecular complexity index is 242. The molecule has 0 rings (SSSR count). The average molecular weight is 340 g/mol. The minimum Gasteiger partial charge on any atom is -0.394 e. The van der Waals surface area contributed by atoms with Crippen LogP contribution in [0.15, 0.2) is 0 Å². The highest BCUT2D eigenvalue weighted by atomic mass is 16.6. The van der Waals surface area contributed by atoms with Crippen LogP contribution in [0.2, 0.25) is 0 Å². The first-order valence-corrected chi connectivity index (χ1v) is 7.63. The Balaban J connectivity index is 3.82. The van der Waals surface area contributed by atoms with Crippen molar-refractivity contribution in [1.29, 1.82) is 0 Å². The van der Waals surface area contributed by atoms with Gasteiger partial charge in [-0.1, -0.05) is 0 Å². The first kappa shape index (κ1) is 22.7. The summed E-state index contributed by atoms with van der Waals surface area (Å²) in [5.74, 6) is 0. The maximum atomic E-state index is 8.66. The van der Waals surface area contributed by atoms with E-state index >= 15 is 0 Å². The molecule has 0 saturated heterocycles. The molecule has 3 unspecified atom stereocenters. The van der Waals surface area contributed by atoms with Gasteiger partial charge in [-0.2, -0.15) is 0 Å². The fourth-order valence-corrected chi connectivity index (χ4v) is 1.68. The Kier molecular flexibility index (Phi) is 16.3. The summed E-state index contributed by atoms with van der Waals surface area (Å²) in [6.45, 7) is 2.73. The van der Waals surface area contributed by atoms with Crippen molar-refractivity contribution in [3.05, 3.63) is 0 Å². The molecule has 0 spiro atoms. The fraction of sp³-hybridized carbons (Fsp3) is 1.00. The van der Waals surface area contributed by atoms with Gasteiger partial charge in [0.2, 0.25) is 0 Å². The molecule has 0 heterocycles. The van der Waals surface area contributed by atoms with E-state index in [1.54, 1.807) is 28.4 Å². The van der Waals surface area contributed by atoms with Crippen LogP contribution >= 0.6 is 0 Å². The van der Waals surface area contributed by atoms with Crippen LogP contribution in [0.4, 0.5) is 0 Å². The largest absolute Gasteiger partial charge is 0.394 e.